The van der Waals surface area contributed by atoms with Crippen molar-refractivity contribution >= 4 is 25.8 Å². The van der Waals surface area contributed by atoms with Crippen molar-refractivity contribution in [3.05, 3.63) is 65.0 Å². The Labute approximate surface area is 259 Å². The normalized spacial score (nSPS) is 23.7. The van der Waals surface area contributed by atoms with Crippen molar-refractivity contribution in [2.45, 2.75) is 53.0 Å². The van der Waals surface area contributed by atoms with Crippen LogP contribution in [0.15, 0.2) is 47.4 Å². The summed E-state index contributed by atoms with van der Waals surface area (Å²) in [5.74, 6) is -1.27. The molecule has 0 aromatic heterocycles. The first kappa shape index (κ1) is 34.5. The van der Waals surface area contributed by atoms with Crippen LogP contribution in [0.1, 0.15) is 29.5 Å². The van der Waals surface area contributed by atoms with E-state index in [0.717, 1.165) is 36.6 Å². The molecule has 0 spiro atoms. The van der Waals surface area contributed by atoms with Crippen molar-refractivity contribution in [3.8, 4) is 0 Å². The zero-order valence-corrected chi connectivity index (χ0v) is 25.8. The molecule has 3 aliphatic rings. The molecule has 0 unspecified atom stereocenters. The third-order valence-electron chi connectivity index (χ3n) is 9.15. The molecule has 1 aliphatic carbocycles. The molecule has 254 valence electrons. The Hall–Kier alpha value is -2.83. The van der Waals surface area contributed by atoms with E-state index in [2.05, 4.69) is 0 Å². The molecule has 5 rings (SSSR count). The minimum atomic E-state index is -6.38. The van der Waals surface area contributed by atoms with Gasteiger partial charge in [-0.25, -0.2) is 25.6 Å². The fourth-order valence-corrected chi connectivity index (χ4v) is 10.0. The number of piperazine rings is 1. The van der Waals surface area contributed by atoms with Crippen LogP contribution in [-0.4, -0.2) is 101 Å². The summed E-state index contributed by atoms with van der Waals surface area (Å²) in [5.41, 5.74) is -7.90. The highest BCUT2D eigenvalue weighted by Gasteiger charge is 2.74. The summed E-state index contributed by atoms with van der Waals surface area (Å²) in [7, 11) is -8.05. The first-order chi connectivity index (χ1) is 21.1. The number of hydrogen-bond acceptors (Lipinski definition) is 6. The first-order valence-electron chi connectivity index (χ1n) is 14.1. The summed E-state index contributed by atoms with van der Waals surface area (Å²) in [6, 6.07) is 4.01. The molecule has 0 bridgehead atoms. The number of rotatable bonds is 6. The molecule has 2 heterocycles. The van der Waals surface area contributed by atoms with E-state index < -0.39 is 66.0 Å². The summed E-state index contributed by atoms with van der Waals surface area (Å²) in [4.78, 5) is 16.2. The Kier molecular flexibility index (Phi) is 8.55. The standard InChI is InChI=1S/C28H29F8N3O5S2/c1-45(41,42)38-14-12-37(13-15-38)17-24(40)39-11-10-25(46(43,44)21-6-4-20(29)5-7-21)22-8-3-19(16-18(22)2-9-23(25)39)26(30,27(31,32)33)28(34,35)36/h3-8,16,23H,2,9-15,17H2,1H3/t23-,25-/m1/s1. The third-order valence-corrected chi connectivity index (χ3v) is 13.0. The van der Waals surface area contributed by atoms with Crippen LogP contribution in [0.5, 0.6) is 0 Å². The fraction of sp³-hybridized carbons (Fsp3) is 0.536. The Morgan fingerprint density at radius 3 is 2.00 bits per heavy atom. The lowest BCUT2D eigenvalue weighted by molar-refractivity contribution is -0.348. The van der Waals surface area contributed by atoms with Crippen molar-refractivity contribution < 1.29 is 56.8 Å². The van der Waals surface area contributed by atoms with Gasteiger partial charge in [-0.3, -0.25) is 9.69 Å². The summed E-state index contributed by atoms with van der Waals surface area (Å²) in [5, 5.41) is 0. The van der Waals surface area contributed by atoms with E-state index in [-0.39, 0.29) is 80.6 Å². The Morgan fingerprint density at radius 2 is 1.46 bits per heavy atom. The van der Waals surface area contributed by atoms with Gasteiger partial charge in [-0.2, -0.15) is 30.6 Å². The van der Waals surface area contributed by atoms with E-state index in [1.54, 1.807) is 4.90 Å². The van der Waals surface area contributed by atoms with E-state index in [1.165, 1.54) is 9.21 Å². The average Bonchev–Trinajstić information content (AvgIpc) is 3.37. The minimum absolute atomic E-state index is 0.125. The number of likely N-dealkylation sites (tertiary alicyclic amines) is 1. The van der Waals surface area contributed by atoms with Gasteiger partial charge >= 0.3 is 18.0 Å². The van der Waals surface area contributed by atoms with Gasteiger partial charge in [0.25, 0.3) is 0 Å². The van der Waals surface area contributed by atoms with E-state index in [1.807, 2.05) is 0 Å². The number of hydrogen-bond donors (Lipinski definition) is 0. The lowest BCUT2D eigenvalue weighted by Gasteiger charge is -2.43. The number of fused-ring (bicyclic) bond motifs is 3. The van der Waals surface area contributed by atoms with Gasteiger partial charge in [0, 0.05) is 38.3 Å². The molecular weight excluding hydrogens is 674 g/mol. The number of amides is 1. The maximum absolute atomic E-state index is 15.0. The van der Waals surface area contributed by atoms with E-state index in [0.29, 0.717) is 6.07 Å². The van der Waals surface area contributed by atoms with Gasteiger partial charge in [-0.05, 0) is 54.7 Å². The van der Waals surface area contributed by atoms with Gasteiger partial charge in [-0.1, -0.05) is 18.2 Å². The number of nitrogens with zero attached hydrogens (tertiary/aromatic N) is 3. The zero-order chi connectivity index (χ0) is 34.1. The van der Waals surface area contributed by atoms with Gasteiger partial charge in [0.1, 0.15) is 10.6 Å². The number of benzene rings is 2. The molecule has 2 aromatic rings. The second kappa shape index (κ2) is 11.4. The molecule has 2 aliphatic heterocycles. The van der Waals surface area contributed by atoms with Crippen molar-refractivity contribution in [2.75, 3.05) is 45.5 Å². The van der Waals surface area contributed by atoms with E-state index in [9.17, 15) is 56.8 Å². The number of aryl methyl sites for hydroxylation is 1. The number of carbonyl (C=O) groups excluding carboxylic acids is 1. The molecule has 0 radical (unpaired) electrons. The highest BCUT2D eigenvalue weighted by atomic mass is 32.2. The summed E-state index contributed by atoms with van der Waals surface area (Å²) in [6.07, 6.45) is -12.5. The molecule has 18 heteroatoms. The zero-order valence-electron chi connectivity index (χ0n) is 24.2. The highest BCUT2D eigenvalue weighted by Crippen LogP contribution is 2.56. The molecule has 0 saturated carbocycles. The fourth-order valence-electron chi connectivity index (χ4n) is 6.85. The van der Waals surface area contributed by atoms with Crippen molar-refractivity contribution in [1.29, 1.82) is 0 Å². The van der Waals surface area contributed by atoms with Crippen LogP contribution >= 0.6 is 0 Å². The molecule has 2 fully saturated rings. The second-order valence-electron chi connectivity index (χ2n) is 11.7. The largest absolute Gasteiger partial charge is 0.435 e. The Bertz CT molecular complexity index is 1710. The van der Waals surface area contributed by atoms with Crippen LogP contribution in [0, 0.1) is 5.82 Å². The maximum atomic E-state index is 15.0. The second-order valence-corrected chi connectivity index (χ2v) is 15.9. The Balaban J connectivity index is 1.56. The summed E-state index contributed by atoms with van der Waals surface area (Å²) < 4.78 is 162. The molecule has 2 atom stereocenters. The molecule has 46 heavy (non-hydrogen) atoms. The van der Waals surface area contributed by atoms with Crippen LogP contribution in [0.3, 0.4) is 0 Å². The van der Waals surface area contributed by atoms with Gasteiger partial charge in [0.2, 0.25) is 15.9 Å². The average molecular weight is 704 g/mol. The summed E-state index contributed by atoms with van der Waals surface area (Å²) in [6.45, 7) is 0.331. The lowest BCUT2D eigenvalue weighted by Crippen LogP contribution is -2.55. The molecule has 1 amide bonds. The van der Waals surface area contributed by atoms with Crippen LogP contribution in [-0.2, 0) is 41.5 Å². The molecule has 2 saturated heterocycles. The number of sulfonamides is 1. The molecule has 8 nitrogen and oxygen atoms in total. The highest BCUT2D eigenvalue weighted by molar-refractivity contribution is 7.92. The predicted molar refractivity (Wildman–Crippen MR) is 148 cm³/mol. The smallest absolute Gasteiger partial charge is 0.337 e. The van der Waals surface area contributed by atoms with Crippen molar-refractivity contribution in [2.24, 2.45) is 0 Å². The molecular formula is C28H29F8N3O5S2. The van der Waals surface area contributed by atoms with Gasteiger partial charge in [-0.15, -0.1) is 0 Å². The van der Waals surface area contributed by atoms with Crippen LogP contribution < -0.4 is 0 Å². The monoisotopic (exact) mass is 703 g/mol. The number of alkyl halides is 7. The topological polar surface area (TPSA) is 95.1 Å². The van der Waals surface area contributed by atoms with Gasteiger partial charge in [0.15, 0.2) is 9.84 Å². The van der Waals surface area contributed by atoms with Crippen LogP contribution in [0.2, 0.25) is 0 Å². The van der Waals surface area contributed by atoms with Crippen molar-refractivity contribution in [1.82, 2.24) is 14.1 Å². The maximum Gasteiger partial charge on any atom is 0.435 e. The Morgan fingerprint density at radius 1 is 0.870 bits per heavy atom. The van der Waals surface area contributed by atoms with Crippen molar-refractivity contribution in [3.63, 3.8) is 0 Å². The minimum Gasteiger partial charge on any atom is -0.337 e. The number of sulfone groups is 1. The SMILES string of the molecule is CS(=O)(=O)N1CCN(CC(=O)N2CC[C@@]3(S(=O)(=O)c4ccc(F)cc4)c4ccc(C(F)(C(F)(F)F)C(F)(F)F)cc4CC[C@@H]23)CC1. The lowest BCUT2D eigenvalue weighted by atomic mass is 9.76. The molecule has 2 aromatic carbocycles. The quantitative estimate of drug-likeness (QED) is 0.335. The van der Waals surface area contributed by atoms with E-state index >= 15 is 0 Å². The predicted octanol–water partition coefficient (Wildman–Crippen LogP) is 3.91. The third kappa shape index (κ3) is 5.47. The first-order valence-corrected chi connectivity index (χ1v) is 17.4. The molecule has 0 N–H and O–H groups in total. The van der Waals surface area contributed by atoms with Gasteiger partial charge < -0.3 is 4.90 Å². The van der Waals surface area contributed by atoms with Crippen LogP contribution in [0.4, 0.5) is 35.1 Å². The number of carbonyl (C=O) groups is 1. The van der Waals surface area contributed by atoms with Gasteiger partial charge in [0.05, 0.1) is 23.7 Å². The summed E-state index contributed by atoms with van der Waals surface area (Å²) >= 11 is 0. The number of halogens is 8. The van der Waals surface area contributed by atoms with Crippen LogP contribution in [0.25, 0.3) is 0 Å². The van der Waals surface area contributed by atoms with E-state index in [4.69, 9.17) is 0 Å².